The Morgan fingerprint density at radius 1 is 0.423 bits per heavy atom. The van der Waals surface area contributed by atoms with Crippen molar-refractivity contribution in [2.45, 2.75) is 0 Å². The minimum atomic E-state index is 1.36. The normalized spacial score (nSPS) is 12.6. The lowest BCUT2D eigenvalue weighted by Gasteiger charge is -1.95. The van der Waals surface area contributed by atoms with E-state index in [-0.39, 0.29) is 0 Å². The van der Waals surface area contributed by atoms with Gasteiger partial charge in [0.05, 0.1) is 0 Å². The van der Waals surface area contributed by atoms with Gasteiger partial charge in [0, 0.05) is 49.7 Å². The first-order valence-corrected chi connectivity index (χ1v) is 11.8. The Bertz CT molecular complexity index is 1510. The number of hydrogen-bond donors (Lipinski definition) is 0. The van der Waals surface area contributed by atoms with Gasteiger partial charge in [0.15, 0.2) is 0 Å². The van der Waals surface area contributed by atoms with Crippen LogP contribution in [0.2, 0.25) is 0 Å². The van der Waals surface area contributed by atoms with Crippen molar-refractivity contribution in [1.82, 2.24) is 0 Å². The van der Waals surface area contributed by atoms with E-state index < -0.39 is 0 Å². The Hall–Kier alpha value is -1.98. The van der Waals surface area contributed by atoms with E-state index in [9.17, 15) is 0 Å². The van der Waals surface area contributed by atoms with Gasteiger partial charge in [-0.05, 0) is 70.1 Å². The Morgan fingerprint density at radius 3 is 1.35 bits per heavy atom. The lowest BCUT2D eigenvalue weighted by molar-refractivity contribution is 2.03. The summed E-state index contributed by atoms with van der Waals surface area (Å²) in [4.78, 5) is 0. The SMILES string of the molecule is c1cc2cc3c(cc2s1)sc1cc2c(cc13)sc1cc3sccc3cc12. The molecule has 4 heterocycles. The number of fused-ring (bicyclic) bond motifs is 8. The largest absolute Gasteiger partial charge is 0.144 e. The third-order valence-corrected chi connectivity index (χ3v) is 9.20. The van der Waals surface area contributed by atoms with Crippen molar-refractivity contribution in [3.8, 4) is 0 Å². The summed E-state index contributed by atoms with van der Waals surface area (Å²) in [6, 6.07) is 18.8. The van der Waals surface area contributed by atoms with E-state index in [0.29, 0.717) is 0 Å². The minimum absolute atomic E-state index is 1.36. The number of rotatable bonds is 0. The summed E-state index contributed by atoms with van der Waals surface area (Å²) in [5, 5.41) is 12.7. The molecule has 0 radical (unpaired) electrons. The Labute approximate surface area is 164 Å². The van der Waals surface area contributed by atoms with Crippen molar-refractivity contribution in [2.75, 3.05) is 0 Å². The molecule has 0 saturated heterocycles. The fourth-order valence-corrected chi connectivity index (χ4v) is 8.02. The second-order valence-corrected chi connectivity index (χ2v) is 10.7. The van der Waals surface area contributed by atoms with Crippen LogP contribution >= 0.6 is 45.3 Å². The number of benzene rings is 3. The van der Waals surface area contributed by atoms with Crippen LogP contribution in [0.25, 0.3) is 60.5 Å². The lowest BCUT2D eigenvalue weighted by Crippen LogP contribution is -1.69. The van der Waals surface area contributed by atoms with Crippen molar-refractivity contribution in [1.29, 1.82) is 0 Å². The van der Waals surface area contributed by atoms with Crippen molar-refractivity contribution >= 4 is 106 Å². The topological polar surface area (TPSA) is 0 Å². The summed E-state index contributed by atoms with van der Waals surface area (Å²) in [6.07, 6.45) is 0. The first-order valence-electron chi connectivity index (χ1n) is 8.40. The molecule has 0 aliphatic rings. The zero-order valence-corrected chi connectivity index (χ0v) is 16.7. The molecule has 122 valence electrons. The molecular weight excluding hydrogens is 393 g/mol. The highest BCUT2D eigenvalue weighted by Gasteiger charge is 2.12. The summed E-state index contributed by atoms with van der Waals surface area (Å²) < 4.78 is 8.37. The van der Waals surface area contributed by atoms with Gasteiger partial charge in [-0.1, -0.05) is 0 Å². The third-order valence-electron chi connectivity index (χ3n) is 5.21. The van der Waals surface area contributed by atoms with Crippen LogP contribution < -0.4 is 0 Å². The predicted molar refractivity (Wildman–Crippen MR) is 123 cm³/mol. The van der Waals surface area contributed by atoms with Crippen LogP contribution in [0.1, 0.15) is 0 Å². The molecule has 0 amide bonds. The van der Waals surface area contributed by atoms with Crippen LogP contribution in [0.5, 0.6) is 0 Å². The Morgan fingerprint density at radius 2 is 0.846 bits per heavy atom. The maximum Gasteiger partial charge on any atom is 0.0369 e. The molecule has 7 aromatic rings. The molecule has 0 unspecified atom stereocenters. The molecule has 26 heavy (non-hydrogen) atoms. The molecule has 4 heteroatoms. The van der Waals surface area contributed by atoms with E-state index in [1.54, 1.807) is 0 Å². The van der Waals surface area contributed by atoms with Crippen LogP contribution in [-0.2, 0) is 0 Å². The van der Waals surface area contributed by atoms with Gasteiger partial charge in [-0.15, -0.1) is 45.3 Å². The molecule has 4 aromatic heterocycles. The average Bonchev–Trinajstić information content (AvgIpc) is 3.40. The molecule has 0 aliphatic carbocycles. The molecule has 7 rings (SSSR count). The lowest BCUT2D eigenvalue weighted by atomic mass is 10.1. The average molecular weight is 403 g/mol. The molecule has 0 spiro atoms. The van der Waals surface area contributed by atoms with Gasteiger partial charge >= 0.3 is 0 Å². The molecule has 3 aromatic carbocycles. The maximum atomic E-state index is 2.42. The van der Waals surface area contributed by atoms with Gasteiger partial charge in [0.2, 0.25) is 0 Å². The van der Waals surface area contributed by atoms with Gasteiger partial charge in [-0.25, -0.2) is 0 Å². The standard InChI is InChI=1S/C22H10S4/c1-3-23-17-9-21-13(5-11(1)17)15-7-20-16(8-19(15)25-21)14-6-12-2-4-24-18(12)10-22(14)26-20/h1-10H. The monoisotopic (exact) mass is 402 g/mol. The minimum Gasteiger partial charge on any atom is -0.144 e. The summed E-state index contributed by atoms with van der Waals surface area (Å²) in [5.41, 5.74) is 0. The van der Waals surface area contributed by atoms with E-state index >= 15 is 0 Å². The van der Waals surface area contributed by atoms with E-state index in [2.05, 4.69) is 59.3 Å². The van der Waals surface area contributed by atoms with Crippen LogP contribution in [-0.4, -0.2) is 0 Å². The molecule has 0 N–H and O–H groups in total. The van der Waals surface area contributed by atoms with Gasteiger partial charge in [0.25, 0.3) is 0 Å². The van der Waals surface area contributed by atoms with Crippen LogP contribution in [0.15, 0.2) is 59.3 Å². The van der Waals surface area contributed by atoms with E-state index in [0.717, 1.165) is 0 Å². The molecule has 0 nitrogen and oxygen atoms in total. The quantitative estimate of drug-likeness (QED) is 0.238. The summed E-state index contributed by atoms with van der Waals surface area (Å²) in [7, 11) is 0. The molecule has 0 atom stereocenters. The molecular formula is C22H10S4. The molecule has 0 saturated carbocycles. The molecule has 0 fully saturated rings. The van der Waals surface area contributed by atoms with Gasteiger partial charge < -0.3 is 0 Å². The van der Waals surface area contributed by atoms with Crippen LogP contribution in [0.4, 0.5) is 0 Å². The zero-order valence-electron chi connectivity index (χ0n) is 13.4. The highest BCUT2D eigenvalue weighted by Crippen LogP contribution is 2.44. The van der Waals surface area contributed by atoms with Crippen molar-refractivity contribution in [3.63, 3.8) is 0 Å². The zero-order chi connectivity index (χ0) is 16.8. The fraction of sp³-hybridized carbons (Fsp3) is 0. The van der Waals surface area contributed by atoms with E-state index in [4.69, 9.17) is 0 Å². The summed E-state index contributed by atoms with van der Waals surface area (Å²) in [6.45, 7) is 0. The summed E-state index contributed by atoms with van der Waals surface area (Å²) >= 11 is 7.51. The maximum absolute atomic E-state index is 2.42. The van der Waals surface area contributed by atoms with Crippen LogP contribution in [0, 0.1) is 0 Å². The van der Waals surface area contributed by atoms with Crippen molar-refractivity contribution in [3.05, 3.63) is 59.3 Å². The third kappa shape index (κ3) is 1.78. The van der Waals surface area contributed by atoms with Gasteiger partial charge in [0.1, 0.15) is 0 Å². The molecule has 0 aliphatic heterocycles. The van der Waals surface area contributed by atoms with Gasteiger partial charge in [-0.2, -0.15) is 0 Å². The fourth-order valence-electron chi connectivity index (χ4n) is 3.96. The number of hydrogen-bond acceptors (Lipinski definition) is 4. The van der Waals surface area contributed by atoms with E-state index in [1.807, 2.05) is 45.3 Å². The second kappa shape index (κ2) is 4.84. The van der Waals surface area contributed by atoms with Gasteiger partial charge in [-0.3, -0.25) is 0 Å². The summed E-state index contributed by atoms with van der Waals surface area (Å²) in [5.74, 6) is 0. The van der Waals surface area contributed by atoms with E-state index in [1.165, 1.54) is 60.5 Å². The second-order valence-electron chi connectivity index (χ2n) is 6.66. The smallest absolute Gasteiger partial charge is 0.0369 e. The van der Waals surface area contributed by atoms with Crippen LogP contribution in [0.3, 0.4) is 0 Å². The Balaban J connectivity index is 1.66. The Kier molecular flexibility index (Phi) is 2.63. The predicted octanol–water partition coefficient (Wildman–Crippen LogP) is 8.85. The highest BCUT2D eigenvalue weighted by molar-refractivity contribution is 7.28. The van der Waals surface area contributed by atoms with Crippen molar-refractivity contribution in [2.24, 2.45) is 0 Å². The first-order chi connectivity index (χ1) is 12.8. The number of thiophene rings is 4. The first kappa shape index (κ1) is 14.1. The molecule has 0 bridgehead atoms. The van der Waals surface area contributed by atoms with Crippen molar-refractivity contribution < 1.29 is 0 Å². The highest BCUT2D eigenvalue weighted by atomic mass is 32.1.